The van der Waals surface area contributed by atoms with E-state index in [0.29, 0.717) is 0 Å². The number of fused-ring (bicyclic) bond motifs is 1. The highest BCUT2D eigenvalue weighted by Gasteiger charge is 2.09. The summed E-state index contributed by atoms with van der Waals surface area (Å²) in [5, 5.41) is 4.38. The van der Waals surface area contributed by atoms with Crippen LogP contribution in [0.2, 0.25) is 0 Å². The first-order valence-electron chi connectivity index (χ1n) is 5.20. The van der Waals surface area contributed by atoms with Gasteiger partial charge in [-0.25, -0.2) is 9.50 Å². The minimum Gasteiger partial charge on any atom is -0.300 e. The SMILES string of the molecule is Cc1nn2cc(-c3ccccc3)nc2n1C. The summed E-state index contributed by atoms with van der Waals surface area (Å²) in [6.45, 7) is 1.97. The molecule has 16 heavy (non-hydrogen) atoms. The van der Waals surface area contributed by atoms with Gasteiger partial charge in [0.2, 0.25) is 5.78 Å². The van der Waals surface area contributed by atoms with Crippen LogP contribution in [0.3, 0.4) is 0 Å². The average Bonchev–Trinajstić information content (AvgIpc) is 2.82. The summed E-state index contributed by atoms with van der Waals surface area (Å²) in [5.74, 6) is 1.83. The molecule has 0 amide bonds. The van der Waals surface area contributed by atoms with Gasteiger partial charge in [0, 0.05) is 12.6 Å². The third kappa shape index (κ3) is 1.23. The largest absolute Gasteiger partial charge is 0.300 e. The van der Waals surface area contributed by atoms with Crippen molar-refractivity contribution in [2.75, 3.05) is 0 Å². The Labute approximate surface area is 93.2 Å². The zero-order chi connectivity index (χ0) is 11.1. The van der Waals surface area contributed by atoms with Gasteiger partial charge < -0.3 is 4.57 Å². The van der Waals surface area contributed by atoms with Crippen LogP contribution in [0.25, 0.3) is 17.0 Å². The van der Waals surface area contributed by atoms with Crippen LogP contribution in [0.1, 0.15) is 5.82 Å². The maximum Gasteiger partial charge on any atom is 0.232 e. The molecular formula is C12H12N4. The number of nitrogens with zero attached hydrogens (tertiary/aromatic N) is 4. The van der Waals surface area contributed by atoms with Crippen molar-refractivity contribution in [1.82, 2.24) is 19.2 Å². The molecule has 0 saturated heterocycles. The van der Waals surface area contributed by atoms with Crippen molar-refractivity contribution in [1.29, 1.82) is 0 Å². The number of benzene rings is 1. The maximum atomic E-state index is 4.57. The van der Waals surface area contributed by atoms with Crippen molar-refractivity contribution in [2.24, 2.45) is 7.05 Å². The second-order valence-corrected chi connectivity index (χ2v) is 3.84. The first-order valence-corrected chi connectivity index (χ1v) is 5.20. The summed E-state index contributed by atoms with van der Waals surface area (Å²) in [6.07, 6.45) is 1.96. The number of imidazole rings is 1. The molecule has 0 bridgehead atoms. The molecular weight excluding hydrogens is 200 g/mol. The van der Waals surface area contributed by atoms with Gasteiger partial charge in [0.25, 0.3) is 0 Å². The van der Waals surface area contributed by atoms with Crippen LogP contribution >= 0.6 is 0 Å². The first kappa shape index (κ1) is 9.15. The third-order valence-electron chi connectivity index (χ3n) is 2.78. The van der Waals surface area contributed by atoms with E-state index in [1.54, 1.807) is 0 Å². The van der Waals surface area contributed by atoms with E-state index in [1.165, 1.54) is 0 Å². The predicted octanol–water partition coefficient (Wildman–Crippen LogP) is 2.04. The van der Waals surface area contributed by atoms with Crippen molar-refractivity contribution in [3.05, 3.63) is 42.4 Å². The molecule has 0 unspecified atom stereocenters. The van der Waals surface area contributed by atoms with E-state index in [2.05, 4.69) is 22.2 Å². The van der Waals surface area contributed by atoms with Crippen molar-refractivity contribution in [3.63, 3.8) is 0 Å². The Balaban J connectivity index is 2.20. The van der Waals surface area contributed by atoms with E-state index >= 15 is 0 Å². The van der Waals surface area contributed by atoms with Crippen molar-refractivity contribution in [2.45, 2.75) is 6.92 Å². The summed E-state index contributed by atoms with van der Waals surface area (Å²) in [7, 11) is 1.97. The molecule has 3 rings (SSSR count). The quantitative estimate of drug-likeness (QED) is 0.618. The number of hydrogen-bond donors (Lipinski definition) is 0. The molecule has 0 aliphatic heterocycles. The van der Waals surface area contributed by atoms with Gasteiger partial charge in [-0.3, -0.25) is 0 Å². The molecule has 80 valence electrons. The van der Waals surface area contributed by atoms with Gasteiger partial charge in [0.1, 0.15) is 5.82 Å². The lowest BCUT2D eigenvalue weighted by molar-refractivity contribution is 0.866. The molecule has 0 N–H and O–H groups in total. The van der Waals surface area contributed by atoms with Crippen LogP contribution < -0.4 is 0 Å². The Morgan fingerprint density at radius 1 is 1.12 bits per heavy atom. The van der Waals surface area contributed by atoms with Gasteiger partial charge in [-0.15, -0.1) is 0 Å². The third-order valence-corrected chi connectivity index (χ3v) is 2.78. The Hall–Kier alpha value is -2.10. The lowest BCUT2D eigenvalue weighted by atomic mass is 10.2. The summed E-state index contributed by atoms with van der Waals surface area (Å²) < 4.78 is 3.80. The van der Waals surface area contributed by atoms with E-state index < -0.39 is 0 Å². The minimum absolute atomic E-state index is 0.872. The van der Waals surface area contributed by atoms with Gasteiger partial charge in [-0.2, -0.15) is 5.10 Å². The molecule has 4 nitrogen and oxygen atoms in total. The van der Waals surface area contributed by atoms with Crippen LogP contribution in [0.5, 0.6) is 0 Å². The van der Waals surface area contributed by atoms with Gasteiger partial charge in [0.15, 0.2) is 0 Å². The average molecular weight is 212 g/mol. The lowest BCUT2D eigenvalue weighted by Crippen LogP contribution is -1.91. The van der Waals surface area contributed by atoms with E-state index in [9.17, 15) is 0 Å². The summed E-state index contributed by atoms with van der Waals surface area (Å²) in [4.78, 5) is 4.57. The second-order valence-electron chi connectivity index (χ2n) is 3.84. The molecule has 0 atom stereocenters. The van der Waals surface area contributed by atoms with Crippen LogP contribution in [0.15, 0.2) is 36.5 Å². The molecule has 1 aromatic carbocycles. The number of rotatable bonds is 1. The number of aryl methyl sites for hydroxylation is 2. The first-order chi connectivity index (χ1) is 7.75. The number of aromatic nitrogens is 4. The molecule has 2 heterocycles. The molecule has 3 aromatic rings. The zero-order valence-electron chi connectivity index (χ0n) is 9.25. The minimum atomic E-state index is 0.872. The Bertz CT molecular complexity index is 634. The van der Waals surface area contributed by atoms with E-state index in [-0.39, 0.29) is 0 Å². The highest BCUT2D eigenvalue weighted by atomic mass is 15.4. The standard InChI is InChI=1S/C12H12N4/c1-9-14-16-8-11(13-12(16)15(9)2)10-6-4-3-5-7-10/h3-8H,1-2H3. The molecule has 0 saturated carbocycles. The van der Waals surface area contributed by atoms with Gasteiger partial charge in [-0.05, 0) is 6.92 Å². The van der Waals surface area contributed by atoms with Crippen molar-refractivity contribution < 1.29 is 0 Å². The monoisotopic (exact) mass is 212 g/mol. The van der Waals surface area contributed by atoms with Crippen LogP contribution in [0, 0.1) is 6.92 Å². The van der Waals surface area contributed by atoms with Gasteiger partial charge >= 0.3 is 0 Å². The molecule has 4 heteroatoms. The summed E-state index contributed by atoms with van der Waals surface area (Å²) >= 11 is 0. The van der Waals surface area contributed by atoms with Gasteiger partial charge in [0.05, 0.1) is 11.9 Å². The fourth-order valence-corrected chi connectivity index (χ4v) is 1.78. The molecule has 0 radical (unpaired) electrons. The second kappa shape index (κ2) is 3.20. The normalized spacial score (nSPS) is 11.1. The smallest absolute Gasteiger partial charge is 0.232 e. The molecule has 0 aliphatic rings. The van der Waals surface area contributed by atoms with E-state index in [0.717, 1.165) is 22.9 Å². The van der Waals surface area contributed by atoms with Crippen LogP contribution in [0.4, 0.5) is 0 Å². The van der Waals surface area contributed by atoms with Gasteiger partial charge in [-0.1, -0.05) is 30.3 Å². The van der Waals surface area contributed by atoms with Crippen LogP contribution in [-0.4, -0.2) is 19.2 Å². The highest BCUT2D eigenvalue weighted by molar-refractivity contribution is 5.61. The highest BCUT2D eigenvalue weighted by Crippen LogP contribution is 2.18. The molecule has 0 aliphatic carbocycles. The Morgan fingerprint density at radius 2 is 1.88 bits per heavy atom. The van der Waals surface area contributed by atoms with E-state index in [4.69, 9.17) is 0 Å². The fourth-order valence-electron chi connectivity index (χ4n) is 1.78. The van der Waals surface area contributed by atoms with Crippen LogP contribution in [-0.2, 0) is 7.05 Å². The fraction of sp³-hybridized carbons (Fsp3) is 0.167. The summed E-state index contributed by atoms with van der Waals surface area (Å²) in [5.41, 5.74) is 2.07. The topological polar surface area (TPSA) is 35.1 Å². The van der Waals surface area contributed by atoms with E-state index in [1.807, 2.05) is 47.4 Å². The summed E-state index contributed by atoms with van der Waals surface area (Å²) in [6, 6.07) is 10.1. The predicted molar refractivity (Wildman–Crippen MR) is 62.1 cm³/mol. The Kier molecular flexibility index (Phi) is 1.83. The molecule has 0 fully saturated rings. The number of hydrogen-bond acceptors (Lipinski definition) is 2. The maximum absolute atomic E-state index is 4.57. The Morgan fingerprint density at radius 3 is 2.56 bits per heavy atom. The molecule has 2 aromatic heterocycles. The lowest BCUT2D eigenvalue weighted by Gasteiger charge is -1.94. The molecule has 0 spiro atoms. The van der Waals surface area contributed by atoms with Crippen molar-refractivity contribution >= 4 is 5.78 Å². The zero-order valence-corrected chi connectivity index (χ0v) is 9.25. The van der Waals surface area contributed by atoms with Crippen molar-refractivity contribution in [3.8, 4) is 11.3 Å².